The minimum absolute atomic E-state index is 0.0311. The number of rotatable bonds is 4. The molecule has 0 aliphatic heterocycles. The van der Waals surface area contributed by atoms with Crippen LogP contribution in [0.3, 0.4) is 0 Å². The van der Waals surface area contributed by atoms with Crippen molar-refractivity contribution in [3.63, 3.8) is 0 Å². The Labute approximate surface area is 129 Å². The first-order valence-corrected chi connectivity index (χ1v) is 6.69. The Morgan fingerprint density at radius 3 is 1.83 bits per heavy atom. The molecule has 0 radical (unpaired) electrons. The van der Waals surface area contributed by atoms with Gasteiger partial charge in [-0.3, -0.25) is 0 Å². The molecular formula is C14H18F6N2O. The minimum Gasteiger partial charge on any atom is -0.399 e. The molecule has 0 aromatic heterocycles. The second-order valence-corrected chi connectivity index (χ2v) is 5.76. The van der Waals surface area contributed by atoms with Gasteiger partial charge in [0.2, 0.25) is 0 Å². The number of alkyl halides is 6. The van der Waals surface area contributed by atoms with E-state index in [1.54, 1.807) is 0 Å². The highest BCUT2D eigenvalue weighted by Gasteiger charge is 2.77. The lowest BCUT2D eigenvalue weighted by Crippen LogP contribution is -2.66. The summed E-state index contributed by atoms with van der Waals surface area (Å²) in [6, 6.07) is 3.82. The third-order valence-electron chi connectivity index (χ3n) is 4.22. The molecule has 1 atom stereocenters. The first-order chi connectivity index (χ1) is 10.2. The third-order valence-corrected chi connectivity index (χ3v) is 4.22. The maximum atomic E-state index is 13.1. The van der Waals surface area contributed by atoms with Crippen molar-refractivity contribution in [2.75, 3.05) is 11.5 Å². The molecule has 0 amide bonds. The average molecular weight is 344 g/mol. The molecule has 23 heavy (non-hydrogen) atoms. The van der Waals surface area contributed by atoms with E-state index in [4.69, 9.17) is 11.5 Å². The quantitative estimate of drug-likeness (QED) is 0.576. The Kier molecular flexibility index (Phi) is 4.87. The molecule has 9 heteroatoms. The maximum absolute atomic E-state index is 13.1. The molecule has 0 aliphatic carbocycles. The second-order valence-electron chi connectivity index (χ2n) is 5.76. The summed E-state index contributed by atoms with van der Waals surface area (Å²) < 4.78 is 78.8. The van der Waals surface area contributed by atoms with Crippen LogP contribution in [0.5, 0.6) is 0 Å². The van der Waals surface area contributed by atoms with Crippen LogP contribution in [0.1, 0.15) is 25.8 Å². The van der Waals surface area contributed by atoms with Gasteiger partial charge in [-0.25, -0.2) is 0 Å². The number of benzene rings is 1. The summed E-state index contributed by atoms with van der Waals surface area (Å²) in [7, 11) is 0. The van der Waals surface area contributed by atoms with Gasteiger partial charge >= 0.3 is 12.4 Å². The van der Waals surface area contributed by atoms with Crippen molar-refractivity contribution >= 4 is 11.4 Å². The summed E-state index contributed by atoms with van der Waals surface area (Å²) >= 11 is 0. The van der Waals surface area contributed by atoms with Crippen molar-refractivity contribution in [3.05, 3.63) is 23.8 Å². The number of hydrogen-bond donors (Lipinski definition) is 3. The van der Waals surface area contributed by atoms with E-state index < -0.39 is 36.2 Å². The van der Waals surface area contributed by atoms with Crippen molar-refractivity contribution in [2.24, 2.45) is 5.41 Å². The topological polar surface area (TPSA) is 72.3 Å². The van der Waals surface area contributed by atoms with Gasteiger partial charge in [0.05, 0.1) is 0 Å². The van der Waals surface area contributed by atoms with Crippen molar-refractivity contribution in [1.29, 1.82) is 0 Å². The van der Waals surface area contributed by atoms with E-state index in [2.05, 4.69) is 0 Å². The molecule has 3 nitrogen and oxygen atoms in total. The monoisotopic (exact) mass is 344 g/mol. The standard InChI is InChI=1S/C14H18F6N2O/c1-3-11(2,7-8-4-5-9(21)6-10(8)22)12(23,13(15,16)17)14(18,19)20/h4-6,23H,3,7,21-22H2,1-2H3. The Hall–Kier alpha value is -1.64. The first-order valence-electron chi connectivity index (χ1n) is 6.69. The third kappa shape index (κ3) is 3.19. The highest BCUT2D eigenvalue weighted by Crippen LogP contribution is 2.55. The molecule has 0 saturated carbocycles. The summed E-state index contributed by atoms with van der Waals surface area (Å²) in [5, 5.41) is 9.69. The summed E-state index contributed by atoms with van der Waals surface area (Å²) in [5.74, 6) is 0. The van der Waals surface area contributed by atoms with Crippen LogP contribution in [0, 0.1) is 5.41 Å². The van der Waals surface area contributed by atoms with Gasteiger partial charge in [-0.2, -0.15) is 26.3 Å². The molecule has 0 spiro atoms. The van der Waals surface area contributed by atoms with E-state index in [0.29, 0.717) is 0 Å². The van der Waals surface area contributed by atoms with E-state index in [1.807, 2.05) is 0 Å². The number of nitrogens with two attached hydrogens (primary N) is 2. The van der Waals surface area contributed by atoms with Gasteiger partial charge in [-0.15, -0.1) is 0 Å². The van der Waals surface area contributed by atoms with Crippen LogP contribution in [-0.4, -0.2) is 23.1 Å². The lowest BCUT2D eigenvalue weighted by Gasteiger charge is -2.46. The molecule has 1 rings (SSSR count). The van der Waals surface area contributed by atoms with E-state index in [1.165, 1.54) is 18.2 Å². The minimum atomic E-state index is -5.89. The SMILES string of the molecule is CCC(C)(Cc1ccc(N)cc1N)C(O)(C(F)(F)F)C(F)(F)F. The second kappa shape index (κ2) is 5.77. The van der Waals surface area contributed by atoms with Crippen LogP contribution in [0.25, 0.3) is 0 Å². The fourth-order valence-corrected chi connectivity index (χ4v) is 2.55. The van der Waals surface area contributed by atoms with E-state index >= 15 is 0 Å². The molecule has 0 aliphatic rings. The maximum Gasteiger partial charge on any atom is 0.426 e. The van der Waals surface area contributed by atoms with Crippen molar-refractivity contribution in [1.82, 2.24) is 0 Å². The van der Waals surface area contributed by atoms with Crippen LogP contribution in [-0.2, 0) is 6.42 Å². The summed E-state index contributed by atoms with van der Waals surface area (Å²) in [6.07, 6.45) is -13.1. The predicted octanol–water partition coefficient (Wildman–Crippen LogP) is 3.67. The molecular weight excluding hydrogens is 326 g/mol. The predicted molar refractivity (Wildman–Crippen MR) is 74.4 cm³/mol. The smallest absolute Gasteiger partial charge is 0.399 e. The van der Waals surface area contributed by atoms with Crippen molar-refractivity contribution in [3.8, 4) is 0 Å². The lowest BCUT2D eigenvalue weighted by atomic mass is 9.66. The van der Waals surface area contributed by atoms with Gasteiger partial charge in [0.1, 0.15) is 0 Å². The Morgan fingerprint density at radius 2 is 1.48 bits per heavy atom. The fraction of sp³-hybridized carbons (Fsp3) is 0.571. The molecule has 1 unspecified atom stereocenters. The van der Waals surface area contributed by atoms with E-state index in [-0.39, 0.29) is 16.9 Å². The highest BCUT2D eigenvalue weighted by atomic mass is 19.4. The molecule has 0 heterocycles. The van der Waals surface area contributed by atoms with Crippen molar-refractivity contribution < 1.29 is 31.4 Å². The zero-order chi connectivity index (χ0) is 18.3. The number of anilines is 2. The summed E-state index contributed by atoms with van der Waals surface area (Å²) in [4.78, 5) is 0. The molecule has 0 saturated heterocycles. The van der Waals surface area contributed by atoms with Crippen LogP contribution in [0.2, 0.25) is 0 Å². The Morgan fingerprint density at radius 1 is 1.00 bits per heavy atom. The number of halogens is 6. The number of hydrogen-bond acceptors (Lipinski definition) is 3. The first kappa shape index (κ1) is 19.4. The van der Waals surface area contributed by atoms with E-state index in [9.17, 15) is 31.4 Å². The Bertz CT molecular complexity index is 555. The lowest BCUT2D eigenvalue weighted by molar-refractivity contribution is -0.402. The molecule has 132 valence electrons. The largest absolute Gasteiger partial charge is 0.426 e. The zero-order valence-electron chi connectivity index (χ0n) is 12.5. The summed E-state index contributed by atoms with van der Waals surface area (Å²) in [5.41, 5.74) is 3.90. The van der Waals surface area contributed by atoms with Gasteiger partial charge in [-0.1, -0.05) is 19.9 Å². The molecule has 0 fully saturated rings. The van der Waals surface area contributed by atoms with Gasteiger partial charge in [0.25, 0.3) is 5.60 Å². The molecule has 0 bridgehead atoms. The van der Waals surface area contributed by atoms with Crippen LogP contribution in [0.4, 0.5) is 37.7 Å². The summed E-state index contributed by atoms with van der Waals surface area (Å²) in [6.45, 7) is 1.89. The Balaban J connectivity index is 3.46. The van der Waals surface area contributed by atoms with Crippen molar-refractivity contribution in [2.45, 2.75) is 44.6 Å². The number of aliphatic hydroxyl groups is 1. The van der Waals surface area contributed by atoms with Gasteiger partial charge < -0.3 is 16.6 Å². The zero-order valence-corrected chi connectivity index (χ0v) is 12.5. The normalized spacial score (nSPS) is 16.2. The number of nitrogen functional groups attached to an aromatic ring is 2. The molecule has 1 aromatic carbocycles. The molecule has 5 N–H and O–H groups in total. The van der Waals surface area contributed by atoms with Gasteiger partial charge in [0.15, 0.2) is 0 Å². The van der Waals surface area contributed by atoms with Crippen LogP contribution < -0.4 is 11.5 Å². The average Bonchev–Trinajstić information content (AvgIpc) is 2.38. The molecule has 1 aromatic rings. The van der Waals surface area contributed by atoms with Crippen LogP contribution >= 0.6 is 0 Å². The van der Waals surface area contributed by atoms with Crippen LogP contribution in [0.15, 0.2) is 18.2 Å². The fourth-order valence-electron chi connectivity index (χ4n) is 2.55. The van der Waals surface area contributed by atoms with Gasteiger partial charge in [-0.05, 0) is 30.5 Å². The van der Waals surface area contributed by atoms with Gasteiger partial charge in [0, 0.05) is 16.8 Å². The highest BCUT2D eigenvalue weighted by molar-refractivity contribution is 5.57. The van der Waals surface area contributed by atoms with E-state index in [0.717, 1.165) is 13.8 Å².